The van der Waals surface area contributed by atoms with Crippen LogP contribution in [0.3, 0.4) is 0 Å². The lowest BCUT2D eigenvalue weighted by Crippen LogP contribution is -2.40. The lowest BCUT2D eigenvalue weighted by atomic mass is 10.2. The van der Waals surface area contributed by atoms with Crippen LogP contribution in [-0.4, -0.2) is 44.1 Å². The zero-order chi connectivity index (χ0) is 18.8. The van der Waals surface area contributed by atoms with E-state index in [1.807, 2.05) is 48.3 Å². The minimum Gasteiger partial charge on any atom is -0.492 e. The Morgan fingerprint density at radius 1 is 1.12 bits per heavy atom. The van der Waals surface area contributed by atoms with Crippen molar-refractivity contribution in [2.45, 2.75) is 6.42 Å². The van der Waals surface area contributed by atoms with Gasteiger partial charge in [-0.1, -0.05) is 18.2 Å². The third-order valence-electron chi connectivity index (χ3n) is 3.78. The van der Waals surface area contributed by atoms with Crippen LogP contribution in [0.4, 0.5) is 10.1 Å². The molecule has 136 valence electrons. The molecule has 0 aromatic heterocycles. The van der Waals surface area contributed by atoms with Crippen molar-refractivity contribution in [2.24, 2.45) is 0 Å². The topological polar surface area (TPSA) is 56.6 Å². The number of para-hydroxylation sites is 1. The standard InChI is InChI=1S/C20H22FN3O2/c1-23(14-15-26-19-6-3-2-4-7-19)16-20(25)24(13-5-12-22)18-10-8-17(21)9-11-18/h2-4,6-11H,5,13-16H2,1H3. The number of nitriles is 1. The van der Waals surface area contributed by atoms with E-state index in [0.29, 0.717) is 18.8 Å². The predicted octanol–water partition coefficient (Wildman–Crippen LogP) is 3.08. The number of benzene rings is 2. The summed E-state index contributed by atoms with van der Waals surface area (Å²) in [6.07, 6.45) is 0.212. The number of ether oxygens (including phenoxy) is 1. The first-order chi connectivity index (χ1) is 12.6. The molecule has 2 rings (SSSR count). The van der Waals surface area contributed by atoms with Crippen LogP contribution in [-0.2, 0) is 4.79 Å². The van der Waals surface area contributed by atoms with E-state index in [0.717, 1.165) is 5.75 Å². The normalized spacial score (nSPS) is 10.4. The van der Waals surface area contributed by atoms with E-state index in [1.165, 1.54) is 17.0 Å². The monoisotopic (exact) mass is 355 g/mol. The smallest absolute Gasteiger partial charge is 0.241 e. The molecule has 0 fully saturated rings. The molecule has 0 heterocycles. The molecule has 5 nitrogen and oxygen atoms in total. The highest BCUT2D eigenvalue weighted by molar-refractivity contribution is 5.94. The van der Waals surface area contributed by atoms with Crippen molar-refractivity contribution in [3.63, 3.8) is 0 Å². The third-order valence-corrected chi connectivity index (χ3v) is 3.78. The minimum absolute atomic E-state index is 0.144. The number of carbonyl (C=O) groups excluding carboxylic acids is 1. The molecule has 2 aromatic carbocycles. The maximum atomic E-state index is 13.1. The summed E-state index contributed by atoms with van der Waals surface area (Å²) in [5, 5.41) is 8.82. The summed E-state index contributed by atoms with van der Waals surface area (Å²) in [7, 11) is 1.83. The quantitative estimate of drug-likeness (QED) is 0.694. The zero-order valence-corrected chi connectivity index (χ0v) is 14.8. The zero-order valence-electron chi connectivity index (χ0n) is 14.8. The Bertz CT molecular complexity index is 729. The fourth-order valence-electron chi connectivity index (χ4n) is 2.41. The van der Waals surface area contributed by atoms with E-state index >= 15 is 0 Å². The molecule has 1 amide bonds. The van der Waals surface area contributed by atoms with E-state index in [2.05, 4.69) is 0 Å². The van der Waals surface area contributed by atoms with E-state index in [1.54, 1.807) is 12.1 Å². The molecule has 0 saturated heterocycles. The number of amides is 1. The number of halogens is 1. The van der Waals surface area contributed by atoms with E-state index in [4.69, 9.17) is 10.00 Å². The van der Waals surface area contributed by atoms with Crippen LogP contribution < -0.4 is 9.64 Å². The van der Waals surface area contributed by atoms with Gasteiger partial charge in [0.05, 0.1) is 19.0 Å². The van der Waals surface area contributed by atoms with Crippen molar-refractivity contribution in [1.29, 1.82) is 5.26 Å². The maximum Gasteiger partial charge on any atom is 0.241 e. The summed E-state index contributed by atoms with van der Waals surface area (Å²) in [6, 6.07) is 17.2. The Balaban J connectivity index is 1.88. The van der Waals surface area contributed by atoms with Gasteiger partial charge in [-0.25, -0.2) is 4.39 Å². The summed E-state index contributed by atoms with van der Waals surface area (Å²) in [5.74, 6) is 0.278. The molecule has 0 atom stereocenters. The average molecular weight is 355 g/mol. The van der Waals surface area contributed by atoms with Crippen molar-refractivity contribution < 1.29 is 13.9 Å². The van der Waals surface area contributed by atoms with Gasteiger partial charge in [-0.2, -0.15) is 5.26 Å². The molecule has 0 radical (unpaired) electrons. The molecular formula is C20H22FN3O2. The second-order valence-corrected chi connectivity index (χ2v) is 5.83. The largest absolute Gasteiger partial charge is 0.492 e. The van der Waals surface area contributed by atoms with Crippen molar-refractivity contribution in [3.05, 3.63) is 60.4 Å². The third kappa shape index (κ3) is 6.19. The second kappa shape index (κ2) is 10.2. The highest BCUT2D eigenvalue weighted by atomic mass is 19.1. The second-order valence-electron chi connectivity index (χ2n) is 5.83. The fraction of sp³-hybridized carbons (Fsp3) is 0.300. The lowest BCUT2D eigenvalue weighted by molar-refractivity contribution is -0.119. The molecule has 0 aliphatic rings. The first kappa shape index (κ1) is 19.4. The van der Waals surface area contributed by atoms with Crippen molar-refractivity contribution >= 4 is 11.6 Å². The van der Waals surface area contributed by atoms with Gasteiger partial charge in [0, 0.05) is 18.8 Å². The Hall–Kier alpha value is -2.91. The highest BCUT2D eigenvalue weighted by Gasteiger charge is 2.17. The molecule has 0 aliphatic carbocycles. The van der Waals surface area contributed by atoms with E-state index < -0.39 is 0 Å². The molecule has 0 bridgehead atoms. The number of rotatable bonds is 9. The van der Waals surface area contributed by atoms with Crippen LogP contribution >= 0.6 is 0 Å². The van der Waals surface area contributed by atoms with Crippen molar-refractivity contribution in [1.82, 2.24) is 4.90 Å². The van der Waals surface area contributed by atoms with Gasteiger partial charge in [0.2, 0.25) is 5.91 Å². The van der Waals surface area contributed by atoms with Crippen LogP contribution in [0.2, 0.25) is 0 Å². The summed E-state index contributed by atoms with van der Waals surface area (Å²) in [6.45, 7) is 1.49. The molecule has 6 heteroatoms. The van der Waals surface area contributed by atoms with Gasteiger partial charge in [-0.05, 0) is 43.4 Å². The number of nitrogens with zero attached hydrogens (tertiary/aromatic N) is 3. The van der Waals surface area contributed by atoms with Gasteiger partial charge in [0.25, 0.3) is 0 Å². The number of hydrogen-bond donors (Lipinski definition) is 0. The first-order valence-electron chi connectivity index (χ1n) is 8.39. The molecule has 2 aromatic rings. The molecule has 0 unspecified atom stereocenters. The van der Waals surface area contributed by atoms with Gasteiger partial charge in [-0.3, -0.25) is 9.69 Å². The molecular weight excluding hydrogens is 333 g/mol. The molecule has 26 heavy (non-hydrogen) atoms. The Morgan fingerprint density at radius 2 is 1.81 bits per heavy atom. The molecule has 0 N–H and O–H groups in total. The van der Waals surface area contributed by atoms with E-state index in [-0.39, 0.29) is 31.2 Å². The highest BCUT2D eigenvalue weighted by Crippen LogP contribution is 2.16. The molecule has 0 saturated carbocycles. The van der Waals surface area contributed by atoms with Crippen LogP contribution in [0.15, 0.2) is 54.6 Å². The summed E-state index contributed by atoms with van der Waals surface area (Å²) >= 11 is 0. The van der Waals surface area contributed by atoms with Gasteiger partial charge in [-0.15, -0.1) is 0 Å². The van der Waals surface area contributed by atoms with Gasteiger partial charge < -0.3 is 9.64 Å². The van der Waals surface area contributed by atoms with Gasteiger partial charge in [0.1, 0.15) is 18.2 Å². The molecule has 0 aliphatic heterocycles. The van der Waals surface area contributed by atoms with Crippen molar-refractivity contribution in [2.75, 3.05) is 38.2 Å². The number of likely N-dealkylation sites (N-methyl/N-ethyl adjacent to an activating group) is 1. The number of anilines is 1. The SMILES string of the molecule is CN(CCOc1ccccc1)CC(=O)N(CCC#N)c1ccc(F)cc1. The summed E-state index contributed by atoms with van der Waals surface area (Å²) in [4.78, 5) is 16.0. The van der Waals surface area contributed by atoms with Crippen molar-refractivity contribution in [3.8, 4) is 11.8 Å². The Morgan fingerprint density at radius 3 is 2.46 bits per heavy atom. The maximum absolute atomic E-state index is 13.1. The average Bonchev–Trinajstić information content (AvgIpc) is 2.64. The Kier molecular flexibility index (Phi) is 7.59. The summed E-state index contributed by atoms with van der Waals surface area (Å²) < 4.78 is 18.7. The summed E-state index contributed by atoms with van der Waals surface area (Å²) in [5.41, 5.74) is 0.584. The Labute approximate surface area is 153 Å². The predicted molar refractivity (Wildman–Crippen MR) is 98.4 cm³/mol. The molecule has 0 spiro atoms. The van der Waals surface area contributed by atoms with Crippen LogP contribution in [0.1, 0.15) is 6.42 Å². The lowest BCUT2D eigenvalue weighted by Gasteiger charge is -2.25. The number of carbonyl (C=O) groups is 1. The van der Waals surface area contributed by atoms with Crippen LogP contribution in [0, 0.1) is 17.1 Å². The van der Waals surface area contributed by atoms with Gasteiger partial charge >= 0.3 is 0 Å². The first-order valence-corrected chi connectivity index (χ1v) is 8.39. The minimum atomic E-state index is -0.364. The fourth-order valence-corrected chi connectivity index (χ4v) is 2.41. The van der Waals surface area contributed by atoms with Crippen LogP contribution in [0.5, 0.6) is 5.75 Å². The van der Waals surface area contributed by atoms with Gasteiger partial charge in [0.15, 0.2) is 0 Å². The van der Waals surface area contributed by atoms with E-state index in [9.17, 15) is 9.18 Å². The number of hydrogen-bond acceptors (Lipinski definition) is 4. The van der Waals surface area contributed by atoms with Crippen LogP contribution in [0.25, 0.3) is 0 Å².